The normalized spacial score (nSPS) is 17.2. The lowest BCUT2D eigenvalue weighted by molar-refractivity contribution is -0.129. The van der Waals surface area contributed by atoms with Gasteiger partial charge in [-0.3, -0.25) is 14.8 Å². The summed E-state index contributed by atoms with van der Waals surface area (Å²) in [6.07, 6.45) is 6.54. The van der Waals surface area contributed by atoms with Crippen molar-refractivity contribution in [3.63, 3.8) is 0 Å². The highest BCUT2D eigenvalue weighted by molar-refractivity contribution is 5.79. The minimum absolute atomic E-state index is 0.169. The molecule has 0 aromatic rings. The van der Waals surface area contributed by atoms with Gasteiger partial charge in [-0.15, -0.1) is 0 Å². The van der Waals surface area contributed by atoms with E-state index in [1.54, 1.807) is 16.6 Å². The van der Waals surface area contributed by atoms with E-state index in [0.717, 1.165) is 25.7 Å². The van der Waals surface area contributed by atoms with Gasteiger partial charge in [-0.2, -0.15) is 5.10 Å². The van der Waals surface area contributed by atoms with Gasteiger partial charge in [0.05, 0.1) is 6.04 Å². The molecule has 0 unspecified atom stereocenters. The van der Waals surface area contributed by atoms with E-state index in [4.69, 9.17) is 9.94 Å². The fourth-order valence-corrected chi connectivity index (χ4v) is 2.73. The van der Waals surface area contributed by atoms with Crippen LogP contribution in [0.4, 0.5) is 4.79 Å². The van der Waals surface area contributed by atoms with Crippen LogP contribution >= 0.6 is 0 Å². The van der Waals surface area contributed by atoms with Gasteiger partial charge >= 0.3 is 6.09 Å². The third-order valence-corrected chi connectivity index (χ3v) is 4.05. The highest BCUT2D eigenvalue weighted by Gasteiger charge is 2.31. The number of hydrazone groups is 1. The number of carbonyl (C=O) groups is 3. The van der Waals surface area contributed by atoms with Crippen LogP contribution in [0.2, 0.25) is 0 Å². The first kappa shape index (κ1) is 22.9. The van der Waals surface area contributed by atoms with Gasteiger partial charge in [-0.1, -0.05) is 12.8 Å². The zero-order valence-electron chi connectivity index (χ0n) is 16.5. The standard InChI is InChI=1S/C18H32N4O5/c1-18(2,3)27-17(25)22-12-8-9-14(22)13-19-20-15(23)10-6-4-5-7-11-16(24)21-26/h13-14,26H,4-12H2,1-3H3,(H,20,23)(H,21,24)/b19-13+/t14-/m0/s1. The fraction of sp³-hybridized carbons (Fsp3) is 0.778. The van der Waals surface area contributed by atoms with Crippen molar-refractivity contribution in [2.45, 2.75) is 83.8 Å². The third-order valence-electron chi connectivity index (χ3n) is 4.05. The van der Waals surface area contributed by atoms with Crippen molar-refractivity contribution < 1.29 is 24.3 Å². The zero-order valence-corrected chi connectivity index (χ0v) is 16.5. The van der Waals surface area contributed by atoms with E-state index < -0.39 is 11.5 Å². The maximum Gasteiger partial charge on any atom is 0.410 e. The minimum atomic E-state index is -0.544. The van der Waals surface area contributed by atoms with Gasteiger partial charge in [-0.25, -0.2) is 15.7 Å². The predicted octanol–water partition coefficient (Wildman–Crippen LogP) is 2.33. The van der Waals surface area contributed by atoms with E-state index in [-0.39, 0.29) is 24.5 Å². The molecule has 0 radical (unpaired) electrons. The summed E-state index contributed by atoms with van der Waals surface area (Å²) in [7, 11) is 0. The molecule has 1 aliphatic rings. The van der Waals surface area contributed by atoms with Gasteiger partial charge in [0.25, 0.3) is 0 Å². The van der Waals surface area contributed by atoms with Gasteiger partial charge in [0, 0.05) is 25.6 Å². The van der Waals surface area contributed by atoms with Gasteiger partial charge in [-0.05, 0) is 46.5 Å². The molecule has 0 aliphatic carbocycles. The van der Waals surface area contributed by atoms with E-state index in [1.807, 2.05) is 20.8 Å². The van der Waals surface area contributed by atoms with Crippen LogP contribution in [0.15, 0.2) is 5.10 Å². The second-order valence-electron chi connectivity index (χ2n) is 7.65. The van der Waals surface area contributed by atoms with Crippen LogP contribution < -0.4 is 10.9 Å². The molecule has 1 rings (SSSR count). The number of carbonyl (C=O) groups excluding carboxylic acids is 3. The van der Waals surface area contributed by atoms with E-state index in [1.165, 1.54) is 0 Å². The van der Waals surface area contributed by atoms with Crippen LogP contribution in [0.1, 0.15) is 72.1 Å². The van der Waals surface area contributed by atoms with Crippen molar-refractivity contribution >= 4 is 24.1 Å². The highest BCUT2D eigenvalue weighted by Crippen LogP contribution is 2.19. The van der Waals surface area contributed by atoms with Crippen LogP contribution in [0.25, 0.3) is 0 Å². The first-order valence-corrected chi connectivity index (χ1v) is 9.47. The van der Waals surface area contributed by atoms with Gasteiger partial charge < -0.3 is 9.64 Å². The molecule has 0 bridgehead atoms. The van der Waals surface area contributed by atoms with Crippen molar-refractivity contribution in [1.82, 2.24) is 15.8 Å². The van der Waals surface area contributed by atoms with Crippen molar-refractivity contribution in [3.8, 4) is 0 Å². The van der Waals surface area contributed by atoms with Gasteiger partial charge in [0.2, 0.25) is 11.8 Å². The average molecular weight is 384 g/mol. The molecule has 0 spiro atoms. The molecule has 1 heterocycles. The summed E-state index contributed by atoms with van der Waals surface area (Å²) >= 11 is 0. The third kappa shape index (κ3) is 9.93. The summed E-state index contributed by atoms with van der Waals surface area (Å²) in [4.78, 5) is 36.4. The molecule has 1 atom stereocenters. The molecule has 27 heavy (non-hydrogen) atoms. The SMILES string of the molecule is CC(C)(C)OC(=O)N1CCC[C@H]1/C=N/NC(=O)CCCCCCC(=O)NO. The van der Waals surface area contributed by atoms with E-state index in [9.17, 15) is 14.4 Å². The maximum absolute atomic E-state index is 12.2. The lowest BCUT2D eigenvalue weighted by Gasteiger charge is -2.26. The highest BCUT2D eigenvalue weighted by atomic mass is 16.6. The average Bonchev–Trinajstić information content (AvgIpc) is 3.04. The summed E-state index contributed by atoms with van der Waals surface area (Å²) in [6.45, 7) is 6.09. The Morgan fingerprint density at radius 2 is 1.78 bits per heavy atom. The van der Waals surface area contributed by atoms with Crippen LogP contribution in [0.5, 0.6) is 0 Å². The lowest BCUT2D eigenvalue weighted by Crippen LogP contribution is -2.40. The Morgan fingerprint density at radius 3 is 2.37 bits per heavy atom. The molecule has 0 aromatic carbocycles. The molecule has 1 aliphatic heterocycles. The summed E-state index contributed by atoms with van der Waals surface area (Å²) in [6, 6.07) is -0.169. The van der Waals surface area contributed by atoms with Gasteiger partial charge in [0.15, 0.2) is 0 Å². The largest absolute Gasteiger partial charge is 0.444 e. The number of rotatable bonds is 9. The number of hydroxylamine groups is 1. The van der Waals surface area contributed by atoms with Crippen LogP contribution in [0.3, 0.4) is 0 Å². The Bertz CT molecular complexity index is 530. The van der Waals surface area contributed by atoms with E-state index >= 15 is 0 Å². The number of hydrogen-bond acceptors (Lipinski definition) is 6. The Balaban J connectivity index is 2.23. The van der Waals surface area contributed by atoms with E-state index in [0.29, 0.717) is 25.8 Å². The van der Waals surface area contributed by atoms with Crippen molar-refractivity contribution in [2.24, 2.45) is 5.10 Å². The molecular weight excluding hydrogens is 352 g/mol. The number of unbranched alkanes of at least 4 members (excludes halogenated alkanes) is 3. The summed E-state index contributed by atoms with van der Waals surface area (Å²) in [5.41, 5.74) is 3.54. The number of amides is 3. The molecule has 0 saturated carbocycles. The van der Waals surface area contributed by atoms with Crippen molar-refractivity contribution in [2.75, 3.05) is 6.54 Å². The molecule has 9 heteroatoms. The lowest BCUT2D eigenvalue weighted by atomic mass is 10.1. The number of ether oxygens (including phenoxy) is 1. The molecular formula is C18H32N4O5. The molecule has 154 valence electrons. The molecule has 9 nitrogen and oxygen atoms in total. The van der Waals surface area contributed by atoms with Crippen molar-refractivity contribution in [1.29, 1.82) is 0 Å². The van der Waals surface area contributed by atoms with Crippen LogP contribution in [0, 0.1) is 0 Å². The second-order valence-corrected chi connectivity index (χ2v) is 7.65. The number of hydrogen-bond donors (Lipinski definition) is 3. The monoisotopic (exact) mass is 384 g/mol. The number of likely N-dealkylation sites (tertiary alicyclic amines) is 1. The summed E-state index contributed by atoms with van der Waals surface area (Å²) < 4.78 is 5.39. The maximum atomic E-state index is 12.2. The Hall–Kier alpha value is -2.16. The van der Waals surface area contributed by atoms with Crippen molar-refractivity contribution in [3.05, 3.63) is 0 Å². The Morgan fingerprint density at radius 1 is 1.15 bits per heavy atom. The molecule has 1 saturated heterocycles. The van der Waals surface area contributed by atoms with E-state index in [2.05, 4.69) is 10.5 Å². The first-order valence-electron chi connectivity index (χ1n) is 9.47. The number of nitrogens with one attached hydrogen (secondary N) is 2. The predicted molar refractivity (Wildman–Crippen MR) is 100 cm³/mol. The quantitative estimate of drug-likeness (QED) is 0.244. The first-order chi connectivity index (χ1) is 12.7. The molecule has 3 amide bonds. The Labute approximate surface area is 160 Å². The number of nitrogens with zero attached hydrogens (tertiary/aromatic N) is 2. The van der Waals surface area contributed by atoms with Crippen LogP contribution in [-0.2, 0) is 14.3 Å². The molecule has 1 fully saturated rings. The fourth-order valence-electron chi connectivity index (χ4n) is 2.73. The topological polar surface area (TPSA) is 120 Å². The minimum Gasteiger partial charge on any atom is -0.444 e. The molecule has 0 aromatic heterocycles. The zero-order chi connectivity index (χ0) is 20.3. The smallest absolute Gasteiger partial charge is 0.410 e. The summed E-state index contributed by atoms with van der Waals surface area (Å²) in [5.74, 6) is -0.574. The summed E-state index contributed by atoms with van der Waals surface area (Å²) in [5, 5.41) is 12.4. The Kier molecular flexibility index (Phi) is 9.77. The second kappa shape index (κ2) is 11.5. The van der Waals surface area contributed by atoms with Crippen LogP contribution in [-0.4, -0.2) is 52.4 Å². The molecule has 3 N–H and O–H groups in total. The van der Waals surface area contributed by atoms with Gasteiger partial charge in [0.1, 0.15) is 5.60 Å².